The zero-order valence-electron chi connectivity index (χ0n) is 9.06. The molecule has 1 aromatic carbocycles. The second kappa shape index (κ2) is 4.82. The fourth-order valence-corrected chi connectivity index (χ4v) is 2.19. The van der Waals surface area contributed by atoms with Crippen LogP contribution in [0.4, 0.5) is 0 Å². The fraction of sp³-hybridized carbons (Fsp3) is 0.500. The van der Waals surface area contributed by atoms with Crippen molar-refractivity contribution in [2.45, 2.75) is 25.0 Å². The van der Waals surface area contributed by atoms with Crippen LogP contribution in [0, 0.1) is 0 Å². The van der Waals surface area contributed by atoms with E-state index in [0.717, 1.165) is 24.0 Å². The van der Waals surface area contributed by atoms with Crippen molar-refractivity contribution in [2.24, 2.45) is 0 Å². The molecule has 0 saturated carbocycles. The molecule has 4 heteroatoms. The van der Waals surface area contributed by atoms with Gasteiger partial charge in [0.1, 0.15) is 5.75 Å². The Bertz CT molecular complexity index is 367. The highest BCUT2D eigenvalue weighted by Gasteiger charge is 2.24. The molecule has 0 aliphatic heterocycles. The summed E-state index contributed by atoms with van der Waals surface area (Å²) in [7, 11) is 0. The van der Waals surface area contributed by atoms with Crippen LogP contribution >= 0.6 is 0 Å². The molecule has 88 valence electrons. The van der Waals surface area contributed by atoms with E-state index in [1.165, 1.54) is 0 Å². The van der Waals surface area contributed by atoms with Crippen LogP contribution in [0.15, 0.2) is 18.2 Å². The maximum atomic E-state index is 9.66. The SMILES string of the molecule is OCC(O)CNC1CCc2c(O)cccc21. The third-order valence-corrected chi connectivity index (χ3v) is 3.06. The molecule has 1 aliphatic carbocycles. The van der Waals surface area contributed by atoms with Crippen LogP contribution < -0.4 is 5.32 Å². The second-order valence-corrected chi connectivity index (χ2v) is 4.18. The minimum Gasteiger partial charge on any atom is -0.508 e. The van der Waals surface area contributed by atoms with E-state index in [1.54, 1.807) is 6.07 Å². The summed E-state index contributed by atoms with van der Waals surface area (Å²) < 4.78 is 0. The number of rotatable bonds is 4. The van der Waals surface area contributed by atoms with Gasteiger partial charge in [0.25, 0.3) is 0 Å². The third-order valence-electron chi connectivity index (χ3n) is 3.06. The van der Waals surface area contributed by atoms with Gasteiger partial charge in [0, 0.05) is 12.6 Å². The van der Waals surface area contributed by atoms with Gasteiger partial charge in [0.2, 0.25) is 0 Å². The molecule has 0 spiro atoms. The number of phenols is 1. The van der Waals surface area contributed by atoms with E-state index < -0.39 is 6.10 Å². The van der Waals surface area contributed by atoms with Crippen LogP contribution in [-0.4, -0.2) is 34.6 Å². The van der Waals surface area contributed by atoms with Gasteiger partial charge in [-0.2, -0.15) is 0 Å². The highest BCUT2D eigenvalue weighted by molar-refractivity contribution is 5.44. The molecule has 2 unspecified atom stereocenters. The van der Waals surface area contributed by atoms with Crippen molar-refractivity contribution in [3.8, 4) is 5.75 Å². The van der Waals surface area contributed by atoms with Gasteiger partial charge < -0.3 is 20.6 Å². The lowest BCUT2D eigenvalue weighted by atomic mass is 10.1. The van der Waals surface area contributed by atoms with Crippen LogP contribution in [0.2, 0.25) is 0 Å². The summed E-state index contributed by atoms with van der Waals surface area (Å²) in [6, 6.07) is 5.69. The normalized spacial score (nSPS) is 20.8. The quantitative estimate of drug-likeness (QED) is 0.593. The summed E-state index contributed by atoms with van der Waals surface area (Å²) in [5, 5.41) is 30.8. The molecule has 0 bridgehead atoms. The molecule has 4 nitrogen and oxygen atoms in total. The van der Waals surface area contributed by atoms with E-state index >= 15 is 0 Å². The first-order chi connectivity index (χ1) is 7.72. The molecule has 0 heterocycles. The topological polar surface area (TPSA) is 72.7 Å². The predicted molar refractivity (Wildman–Crippen MR) is 60.3 cm³/mol. The van der Waals surface area contributed by atoms with Crippen molar-refractivity contribution in [1.82, 2.24) is 5.32 Å². The number of aromatic hydroxyl groups is 1. The van der Waals surface area contributed by atoms with Crippen LogP contribution in [-0.2, 0) is 6.42 Å². The van der Waals surface area contributed by atoms with Gasteiger partial charge in [-0.15, -0.1) is 0 Å². The first-order valence-electron chi connectivity index (χ1n) is 5.55. The lowest BCUT2D eigenvalue weighted by Crippen LogP contribution is -2.31. The average Bonchev–Trinajstić information content (AvgIpc) is 2.70. The molecular formula is C12H17NO3. The van der Waals surface area contributed by atoms with Crippen molar-refractivity contribution in [2.75, 3.05) is 13.2 Å². The molecule has 0 aromatic heterocycles. The molecule has 16 heavy (non-hydrogen) atoms. The van der Waals surface area contributed by atoms with Gasteiger partial charge >= 0.3 is 0 Å². The van der Waals surface area contributed by atoms with E-state index in [-0.39, 0.29) is 12.6 Å². The highest BCUT2D eigenvalue weighted by atomic mass is 16.3. The first-order valence-corrected chi connectivity index (χ1v) is 5.55. The van der Waals surface area contributed by atoms with E-state index in [9.17, 15) is 10.2 Å². The van der Waals surface area contributed by atoms with Crippen LogP contribution in [0.25, 0.3) is 0 Å². The Labute approximate surface area is 94.5 Å². The molecular weight excluding hydrogens is 206 g/mol. The standard InChI is InChI=1S/C12H17NO3/c14-7-8(15)6-13-11-5-4-10-9(11)2-1-3-12(10)16/h1-3,8,11,13-16H,4-7H2. The maximum Gasteiger partial charge on any atom is 0.119 e. The Kier molecular flexibility index (Phi) is 3.43. The Balaban J connectivity index is 2.03. The number of hydrogen-bond acceptors (Lipinski definition) is 4. The third kappa shape index (κ3) is 2.19. The summed E-state index contributed by atoms with van der Waals surface area (Å²) in [5.74, 6) is 0.351. The molecule has 0 amide bonds. The smallest absolute Gasteiger partial charge is 0.119 e. The van der Waals surface area contributed by atoms with Crippen molar-refractivity contribution >= 4 is 0 Å². The van der Waals surface area contributed by atoms with Crippen LogP contribution in [0.1, 0.15) is 23.6 Å². The summed E-state index contributed by atoms with van der Waals surface area (Å²) >= 11 is 0. The first kappa shape index (κ1) is 11.4. The molecule has 1 aliphatic rings. The van der Waals surface area contributed by atoms with E-state index in [2.05, 4.69) is 5.32 Å². The molecule has 0 saturated heterocycles. The Morgan fingerprint density at radius 2 is 2.25 bits per heavy atom. The lowest BCUT2D eigenvalue weighted by Gasteiger charge is -2.16. The molecule has 0 radical (unpaired) electrons. The monoisotopic (exact) mass is 223 g/mol. The minimum absolute atomic E-state index is 0.170. The van der Waals surface area contributed by atoms with E-state index in [4.69, 9.17) is 5.11 Å². The van der Waals surface area contributed by atoms with E-state index in [1.807, 2.05) is 12.1 Å². The zero-order valence-corrected chi connectivity index (χ0v) is 9.06. The number of aliphatic hydroxyl groups is 2. The molecule has 2 rings (SSSR count). The van der Waals surface area contributed by atoms with Crippen molar-refractivity contribution in [1.29, 1.82) is 0 Å². The highest BCUT2D eigenvalue weighted by Crippen LogP contribution is 2.35. The van der Waals surface area contributed by atoms with Crippen molar-refractivity contribution < 1.29 is 15.3 Å². The molecule has 1 aromatic rings. The summed E-state index contributed by atoms with van der Waals surface area (Å²) in [6.07, 6.45) is 1.06. The fourth-order valence-electron chi connectivity index (χ4n) is 2.19. The Morgan fingerprint density at radius 3 is 3.00 bits per heavy atom. The van der Waals surface area contributed by atoms with E-state index in [0.29, 0.717) is 12.3 Å². The van der Waals surface area contributed by atoms with Gasteiger partial charge in [-0.1, -0.05) is 12.1 Å². The zero-order chi connectivity index (χ0) is 11.5. The molecule has 0 fully saturated rings. The predicted octanol–water partition coefficient (Wildman–Crippen LogP) is 0.322. The number of nitrogens with one attached hydrogen (secondary N) is 1. The van der Waals surface area contributed by atoms with Crippen molar-refractivity contribution in [3.63, 3.8) is 0 Å². The largest absolute Gasteiger partial charge is 0.508 e. The minimum atomic E-state index is -0.721. The van der Waals surface area contributed by atoms with Gasteiger partial charge in [-0.25, -0.2) is 0 Å². The van der Waals surface area contributed by atoms with Gasteiger partial charge in [0.05, 0.1) is 12.7 Å². The number of phenolic OH excluding ortho intramolecular Hbond substituents is 1. The van der Waals surface area contributed by atoms with Gasteiger partial charge in [-0.05, 0) is 30.0 Å². The second-order valence-electron chi connectivity index (χ2n) is 4.18. The summed E-state index contributed by atoms with van der Waals surface area (Å²) in [6.45, 7) is 0.142. The Morgan fingerprint density at radius 1 is 1.44 bits per heavy atom. The maximum absolute atomic E-state index is 9.66. The number of hydrogen-bond donors (Lipinski definition) is 4. The van der Waals surface area contributed by atoms with Crippen LogP contribution in [0.3, 0.4) is 0 Å². The summed E-state index contributed by atoms with van der Waals surface area (Å²) in [4.78, 5) is 0. The van der Waals surface area contributed by atoms with Gasteiger partial charge in [-0.3, -0.25) is 0 Å². The molecule has 4 N–H and O–H groups in total. The average molecular weight is 223 g/mol. The molecule has 2 atom stereocenters. The number of aliphatic hydroxyl groups excluding tert-OH is 2. The summed E-state index contributed by atoms with van der Waals surface area (Å²) in [5.41, 5.74) is 2.10. The van der Waals surface area contributed by atoms with Crippen molar-refractivity contribution in [3.05, 3.63) is 29.3 Å². The van der Waals surface area contributed by atoms with Crippen LogP contribution in [0.5, 0.6) is 5.75 Å². The number of benzene rings is 1. The number of fused-ring (bicyclic) bond motifs is 1. The lowest BCUT2D eigenvalue weighted by molar-refractivity contribution is 0.0919. The van der Waals surface area contributed by atoms with Gasteiger partial charge in [0.15, 0.2) is 0 Å². The Hall–Kier alpha value is -1.10.